The van der Waals surface area contributed by atoms with Gasteiger partial charge >= 0.3 is 0 Å². The van der Waals surface area contributed by atoms with Gasteiger partial charge in [0.1, 0.15) is 0 Å². The molecular formula is C9H15N3O2. The maximum Gasteiger partial charge on any atom is 0.227 e. The molecule has 0 aliphatic rings. The van der Waals surface area contributed by atoms with E-state index >= 15 is 0 Å². The van der Waals surface area contributed by atoms with Crippen LogP contribution in [0.3, 0.4) is 0 Å². The van der Waals surface area contributed by atoms with Gasteiger partial charge in [-0.15, -0.1) is 0 Å². The molecule has 1 amide bonds. The van der Waals surface area contributed by atoms with Crippen LogP contribution in [0.1, 0.15) is 20.3 Å². The van der Waals surface area contributed by atoms with Gasteiger partial charge in [-0.3, -0.25) is 9.48 Å². The van der Waals surface area contributed by atoms with Crippen LogP contribution in [0, 0.1) is 0 Å². The molecule has 0 fully saturated rings. The minimum Gasteiger partial charge on any atom is -0.390 e. The Morgan fingerprint density at radius 3 is 2.79 bits per heavy atom. The fourth-order valence-electron chi connectivity index (χ4n) is 1.08. The largest absolute Gasteiger partial charge is 0.390 e. The lowest BCUT2D eigenvalue weighted by Gasteiger charge is -2.15. The summed E-state index contributed by atoms with van der Waals surface area (Å²) in [6, 6.07) is 0. The number of aryl methyl sites for hydroxylation is 1. The van der Waals surface area contributed by atoms with E-state index in [1.807, 2.05) is 0 Å². The van der Waals surface area contributed by atoms with Crippen LogP contribution in [-0.2, 0) is 11.8 Å². The molecule has 1 aromatic heterocycles. The maximum atomic E-state index is 11.3. The van der Waals surface area contributed by atoms with E-state index in [0.717, 1.165) is 0 Å². The van der Waals surface area contributed by atoms with Crippen LogP contribution >= 0.6 is 0 Å². The number of aliphatic hydroxyl groups is 1. The summed E-state index contributed by atoms with van der Waals surface area (Å²) < 4.78 is 1.60. The van der Waals surface area contributed by atoms with Gasteiger partial charge in [-0.05, 0) is 13.8 Å². The van der Waals surface area contributed by atoms with Crippen molar-refractivity contribution < 1.29 is 9.90 Å². The smallest absolute Gasteiger partial charge is 0.227 e. The summed E-state index contributed by atoms with van der Waals surface area (Å²) in [5, 5.41) is 15.9. The molecule has 0 atom stereocenters. The van der Waals surface area contributed by atoms with Gasteiger partial charge in [-0.25, -0.2) is 0 Å². The highest BCUT2D eigenvalue weighted by molar-refractivity contribution is 5.90. The van der Waals surface area contributed by atoms with E-state index in [0.29, 0.717) is 5.69 Å². The number of hydrogen-bond donors (Lipinski definition) is 2. The van der Waals surface area contributed by atoms with Crippen LogP contribution in [-0.4, -0.2) is 26.4 Å². The highest BCUT2D eigenvalue weighted by Crippen LogP contribution is 2.10. The van der Waals surface area contributed by atoms with Crippen molar-refractivity contribution in [1.29, 1.82) is 0 Å². The third-order valence-electron chi connectivity index (χ3n) is 1.58. The molecule has 0 radical (unpaired) electrons. The average molecular weight is 197 g/mol. The Morgan fingerprint density at radius 1 is 1.71 bits per heavy atom. The number of anilines is 1. The van der Waals surface area contributed by atoms with Crippen molar-refractivity contribution in [3.8, 4) is 0 Å². The Labute approximate surface area is 82.7 Å². The predicted molar refractivity (Wildman–Crippen MR) is 52.8 cm³/mol. The summed E-state index contributed by atoms with van der Waals surface area (Å²) in [4.78, 5) is 11.3. The van der Waals surface area contributed by atoms with E-state index in [9.17, 15) is 9.90 Å². The summed E-state index contributed by atoms with van der Waals surface area (Å²) >= 11 is 0. The molecule has 0 aliphatic carbocycles. The van der Waals surface area contributed by atoms with Gasteiger partial charge in [-0.2, -0.15) is 5.10 Å². The van der Waals surface area contributed by atoms with Gasteiger partial charge in [-0.1, -0.05) is 0 Å². The summed E-state index contributed by atoms with van der Waals surface area (Å²) in [7, 11) is 1.77. The third-order valence-corrected chi connectivity index (χ3v) is 1.58. The molecule has 1 rings (SSSR count). The van der Waals surface area contributed by atoms with Crippen molar-refractivity contribution in [1.82, 2.24) is 9.78 Å². The molecule has 0 aromatic carbocycles. The topological polar surface area (TPSA) is 67.2 Å². The van der Waals surface area contributed by atoms with Crippen LogP contribution < -0.4 is 5.32 Å². The average Bonchev–Trinajstić information content (AvgIpc) is 2.30. The Balaban J connectivity index is 2.50. The minimum atomic E-state index is -0.980. The summed E-state index contributed by atoms with van der Waals surface area (Å²) in [5.41, 5.74) is -0.339. The molecule has 0 saturated heterocycles. The zero-order valence-corrected chi connectivity index (χ0v) is 8.61. The molecule has 1 aromatic rings. The molecule has 0 aliphatic heterocycles. The molecule has 0 bridgehead atoms. The van der Waals surface area contributed by atoms with Gasteiger partial charge in [0, 0.05) is 13.2 Å². The molecule has 0 unspecified atom stereocenters. The highest BCUT2D eigenvalue weighted by Gasteiger charge is 2.18. The van der Waals surface area contributed by atoms with E-state index in [-0.39, 0.29) is 12.3 Å². The standard InChI is InChI=1S/C9H15N3O2/c1-9(2,14)4-8(13)11-7-5-10-12(3)6-7/h5-6,14H,4H2,1-3H3,(H,11,13). The van der Waals surface area contributed by atoms with Crippen LogP contribution in [0.2, 0.25) is 0 Å². The normalized spacial score (nSPS) is 11.4. The number of rotatable bonds is 3. The van der Waals surface area contributed by atoms with Crippen LogP contribution in [0.5, 0.6) is 0 Å². The molecule has 1 heterocycles. The Morgan fingerprint density at radius 2 is 2.36 bits per heavy atom. The Kier molecular flexibility index (Phi) is 2.90. The first kappa shape index (κ1) is 10.7. The minimum absolute atomic E-state index is 0.0713. The number of carbonyl (C=O) groups is 1. The monoisotopic (exact) mass is 197 g/mol. The first-order valence-corrected chi connectivity index (χ1v) is 4.38. The second-order valence-corrected chi connectivity index (χ2v) is 3.94. The number of carbonyl (C=O) groups excluding carboxylic acids is 1. The molecule has 2 N–H and O–H groups in total. The van der Waals surface area contributed by atoms with E-state index < -0.39 is 5.60 Å². The van der Waals surface area contributed by atoms with E-state index in [1.165, 1.54) is 0 Å². The fourth-order valence-corrected chi connectivity index (χ4v) is 1.08. The number of nitrogens with one attached hydrogen (secondary N) is 1. The first-order chi connectivity index (χ1) is 6.37. The van der Waals surface area contributed by atoms with Crippen molar-refractivity contribution in [3.05, 3.63) is 12.4 Å². The van der Waals surface area contributed by atoms with Crippen molar-refractivity contribution >= 4 is 11.6 Å². The lowest BCUT2D eigenvalue weighted by atomic mass is 10.1. The number of aromatic nitrogens is 2. The second-order valence-electron chi connectivity index (χ2n) is 3.94. The summed E-state index contributed by atoms with van der Waals surface area (Å²) in [5.74, 6) is -0.217. The van der Waals surface area contributed by atoms with Gasteiger partial charge in [0.25, 0.3) is 0 Å². The summed E-state index contributed by atoms with van der Waals surface area (Å²) in [6.07, 6.45) is 3.33. The van der Waals surface area contributed by atoms with Crippen molar-refractivity contribution in [2.45, 2.75) is 25.9 Å². The van der Waals surface area contributed by atoms with Crippen LogP contribution in [0.15, 0.2) is 12.4 Å². The third kappa shape index (κ3) is 3.57. The molecular weight excluding hydrogens is 182 g/mol. The summed E-state index contributed by atoms with van der Waals surface area (Å²) in [6.45, 7) is 3.19. The second kappa shape index (κ2) is 3.79. The van der Waals surface area contributed by atoms with Gasteiger partial charge < -0.3 is 10.4 Å². The van der Waals surface area contributed by atoms with Crippen LogP contribution in [0.4, 0.5) is 5.69 Å². The van der Waals surface area contributed by atoms with Crippen molar-refractivity contribution in [3.63, 3.8) is 0 Å². The van der Waals surface area contributed by atoms with E-state index in [4.69, 9.17) is 0 Å². The van der Waals surface area contributed by atoms with Gasteiger partial charge in [0.05, 0.1) is 23.9 Å². The van der Waals surface area contributed by atoms with Crippen molar-refractivity contribution in [2.75, 3.05) is 5.32 Å². The molecule has 78 valence electrons. The maximum absolute atomic E-state index is 11.3. The molecule has 0 spiro atoms. The SMILES string of the molecule is Cn1cc(NC(=O)CC(C)(C)O)cn1. The number of hydrogen-bond acceptors (Lipinski definition) is 3. The zero-order chi connectivity index (χ0) is 10.8. The Bertz CT molecular complexity index is 325. The molecule has 14 heavy (non-hydrogen) atoms. The predicted octanol–water partition coefficient (Wildman–Crippen LogP) is 0.520. The highest BCUT2D eigenvalue weighted by atomic mass is 16.3. The Hall–Kier alpha value is -1.36. The van der Waals surface area contributed by atoms with E-state index in [2.05, 4.69) is 10.4 Å². The molecule has 5 heteroatoms. The number of nitrogens with zero attached hydrogens (tertiary/aromatic N) is 2. The quantitative estimate of drug-likeness (QED) is 0.742. The van der Waals surface area contributed by atoms with Gasteiger partial charge in [0.2, 0.25) is 5.91 Å². The van der Waals surface area contributed by atoms with Gasteiger partial charge in [0.15, 0.2) is 0 Å². The number of amides is 1. The fraction of sp³-hybridized carbons (Fsp3) is 0.556. The van der Waals surface area contributed by atoms with Crippen LogP contribution in [0.25, 0.3) is 0 Å². The van der Waals surface area contributed by atoms with Crippen molar-refractivity contribution in [2.24, 2.45) is 7.05 Å². The lowest BCUT2D eigenvalue weighted by molar-refractivity contribution is -0.119. The lowest BCUT2D eigenvalue weighted by Crippen LogP contribution is -2.27. The first-order valence-electron chi connectivity index (χ1n) is 4.38. The van der Waals surface area contributed by atoms with E-state index in [1.54, 1.807) is 38.0 Å². The molecule has 0 saturated carbocycles. The molecule has 5 nitrogen and oxygen atoms in total. The zero-order valence-electron chi connectivity index (χ0n) is 8.61.